The van der Waals surface area contributed by atoms with Crippen LogP contribution in [0.5, 0.6) is 0 Å². The minimum absolute atomic E-state index is 0.149. The summed E-state index contributed by atoms with van der Waals surface area (Å²) in [6.45, 7) is 2.11. The van der Waals surface area contributed by atoms with E-state index in [9.17, 15) is 9.59 Å². The van der Waals surface area contributed by atoms with Crippen LogP contribution < -0.4 is 5.56 Å². The molecule has 32 heavy (non-hydrogen) atoms. The van der Waals surface area contributed by atoms with E-state index in [0.717, 1.165) is 21.6 Å². The first-order valence-corrected chi connectivity index (χ1v) is 11.1. The predicted molar refractivity (Wildman–Crippen MR) is 127 cm³/mol. The Morgan fingerprint density at radius 3 is 2.69 bits per heavy atom. The number of hydrogen-bond acceptors (Lipinski definition) is 5. The monoisotopic (exact) mass is 463 g/mol. The Morgan fingerprint density at radius 2 is 1.91 bits per heavy atom. The van der Waals surface area contributed by atoms with E-state index in [1.54, 1.807) is 30.1 Å². The van der Waals surface area contributed by atoms with E-state index >= 15 is 0 Å². The normalized spacial score (nSPS) is 11.3. The number of nitrogens with zero attached hydrogens (tertiary/aromatic N) is 4. The van der Waals surface area contributed by atoms with Crippen LogP contribution in [-0.4, -0.2) is 37.6 Å². The van der Waals surface area contributed by atoms with Crippen LogP contribution in [0.2, 0.25) is 5.02 Å². The van der Waals surface area contributed by atoms with Crippen molar-refractivity contribution in [3.63, 3.8) is 0 Å². The fourth-order valence-corrected chi connectivity index (χ4v) is 4.91. The van der Waals surface area contributed by atoms with Gasteiger partial charge < -0.3 is 9.88 Å². The number of carbonyl (C=O) groups is 1. The van der Waals surface area contributed by atoms with Gasteiger partial charge in [0.15, 0.2) is 0 Å². The fraction of sp³-hybridized carbons (Fsp3) is 0.130. The number of hydrogen-bond donors (Lipinski definition) is 1. The highest BCUT2D eigenvalue weighted by Crippen LogP contribution is 2.31. The molecule has 5 aromatic rings. The summed E-state index contributed by atoms with van der Waals surface area (Å²) in [5, 5.41) is 6.72. The average Bonchev–Trinajstić information content (AvgIpc) is 3.34. The van der Waals surface area contributed by atoms with E-state index in [2.05, 4.69) is 15.1 Å². The Morgan fingerprint density at radius 1 is 1.16 bits per heavy atom. The number of halogens is 1. The maximum absolute atomic E-state index is 13.1. The second-order valence-corrected chi connectivity index (χ2v) is 8.96. The van der Waals surface area contributed by atoms with Crippen molar-refractivity contribution >= 4 is 50.0 Å². The third-order valence-corrected chi connectivity index (χ3v) is 6.57. The van der Waals surface area contributed by atoms with E-state index in [1.807, 2.05) is 48.0 Å². The number of fused-ring (bicyclic) bond motifs is 2. The van der Waals surface area contributed by atoms with E-state index in [0.29, 0.717) is 26.6 Å². The van der Waals surface area contributed by atoms with Crippen LogP contribution in [0.1, 0.15) is 21.2 Å². The van der Waals surface area contributed by atoms with Crippen LogP contribution in [0.3, 0.4) is 0 Å². The molecule has 0 saturated carbocycles. The third kappa shape index (κ3) is 3.57. The molecule has 7 nitrogen and oxygen atoms in total. The molecule has 5 rings (SSSR count). The van der Waals surface area contributed by atoms with Crippen LogP contribution in [0.15, 0.2) is 59.4 Å². The first-order chi connectivity index (χ1) is 15.4. The minimum atomic E-state index is -0.216. The number of benzene rings is 2. The van der Waals surface area contributed by atoms with Crippen LogP contribution in [0, 0.1) is 6.92 Å². The Bertz CT molecular complexity index is 1530. The van der Waals surface area contributed by atoms with Crippen LogP contribution in [0.25, 0.3) is 26.8 Å². The SMILES string of the molecule is Cc1nn(-c2ccc(Cl)cc2)c2sc(C(=O)N(C)Cc3nc4ccccc4c(=O)[nH]3)cc12. The van der Waals surface area contributed by atoms with Crippen molar-refractivity contribution in [1.82, 2.24) is 24.6 Å². The topological polar surface area (TPSA) is 83.9 Å². The molecule has 3 aromatic heterocycles. The van der Waals surface area contributed by atoms with E-state index in [4.69, 9.17) is 11.6 Å². The predicted octanol–water partition coefficient (Wildman–Crippen LogP) is 4.56. The summed E-state index contributed by atoms with van der Waals surface area (Å²) in [6.07, 6.45) is 0. The number of aromatic amines is 1. The lowest BCUT2D eigenvalue weighted by Crippen LogP contribution is -2.27. The molecule has 0 radical (unpaired) electrons. The lowest BCUT2D eigenvalue weighted by molar-refractivity contribution is 0.0786. The molecule has 9 heteroatoms. The van der Waals surface area contributed by atoms with Crippen molar-refractivity contribution in [3.8, 4) is 5.69 Å². The molecule has 1 amide bonds. The summed E-state index contributed by atoms with van der Waals surface area (Å²) in [4.78, 5) is 35.7. The first-order valence-electron chi connectivity index (χ1n) is 9.89. The van der Waals surface area contributed by atoms with Crippen LogP contribution in [-0.2, 0) is 6.54 Å². The highest BCUT2D eigenvalue weighted by molar-refractivity contribution is 7.20. The second-order valence-electron chi connectivity index (χ2n) is 7.49. The molecule has 0 spiro atoms. The lowest BCUT2D eigenvalue weighted by Gasteiger charge is -2.15. The number of thiophene rings is 1. The number of carbonyl (C=O) groups excluding carboxylic acids is 1. The number of amides is 1. The molecule has 0 aliphatic rings. The molecule has 0 aliphatic carbocycles. The van der Waals surface area contributed by atoms with Crippen molar-refractivity contribution in [2.75, 3.05) is 7.05 Å². The third-order valence-electron chi connectivity index (χ3n) is 5.22. The van der Waals surface area contributed by atoms with Gasteiger partial charge in [0.05, 0.1) is 33.7 Å². The molecule has 1 N–H and O–H groups in total. The molecule has 3 heterocycles. The minimum Gasteiger partial charge on any atom is -0.334 e. The van der Waals surface area contributed by atoms with Gasteiger partial charge in [0.25, 0.3) is 11.5 Å². The van der Waals surface area contributed by atoms with Crippen LogP contribution in [0.4, 0.5) is 0 Å². The van der Waals surface area contributed by atoms with Gasteiger partial charge in [-0.25, -0.2) is 9.67 Å². The van der Waals surface area contributed by atoms with Gasteiger partial charge in [-0.3, -0.25) is 9.59 Å². The molecule has 0 bridgehead atoms. The number of aromatic nitrogens is 4. The highest BCUT2D eigenvalue weighted by Gasteiger charge is 2.20. The van der Waals surface area contributed by atoms with Crippen molar-refractivity contribution in [2.45, 2.75) is 13.5 Å². The Hall–Kier alpha value is -3.49. The van der Waals surface area contributed by atoms with Gasteiger partial charge >= 0.3 is 0 Å². The van der Waals surface area contributed by atoms with Gasteiger partial charge in [0.1, 0.15) is 10.7 Å². The van der Waals surface area contributed by atoms with Gasteiger partial charge in [-0.2, -0.15) is 5.10 Å². The zero-order valence-electron chi connectivity index (χ0n) is 17.3. The first kappa shape index (κ1) is 20.4. The molecular weight excluding hydrogens is 446 g/mol. The standard InChI is InChI=1S/C23H18ClN5O2S/c1-13-17-11-19(32-23(17)29(27-13)15-9-7-14(24)8-10-15)22(31)28(2)12-20-25-18-6-4-3-5-16(18)21(30)26-20/h3-11H,12H2,1-2H3,(H,25,26,30). The number of aryl methyl sites for hydroxylation is 1. The summed E-state index contributed by atoms with van der Waals surface area (Å²) in [5.41, 5.74) is 2.10. The zero-order valence-corrected chi connectivity index (χ0v) is 18.9. The molecule has 0 atom stereocenters. The average molecular weight is 464 g/mol. The van der Waals surface area contributed by atoms with Gasteiger partial charge in [-0.15, -0.1) is 11.3 Å². The Balaban J connectivity index is 1.45. The number of para-hydroxylation sites is 1. The van der Waals surface area contributed by atoms with Gasteiger partial charge in [-0.05, 0) is 49.4 Å². The second kappa shape index (κ2) is 7.89. The summed E-state index contributed by atoms with van der Waals surface area (Å²) >= 11 is 7.39. The molecule has 0 saturated heterocycles. The molecule has 2 aromatic carbocycles. The fourth-order valence-electron chi connectivity index (χ4n) is 3.60. The molecule has 0 fully saturated rings. The Labute approximate surface area is 191 Å². The molecular formula is C23H18ClN5O2S. The Kier molecular flexibility index (Phi) is 5.03. The number of H-pyrrole nitrogens is 1. The molecule has 0 aliphatic heterocycles. The lowest BCUT2D eigenvalue weighted by atomic mass is 10.2. The molecule has 160 valence electrons. The van der Waals surface area contributed by atoms with E-state index in [-0.39, 0.29) is 18.0 Å². The summed E-state index contributed by atoms with van der Waals surface area (Å²) in [6, 6.07) is 16.4. The van der Waals surface area contributed by atoms with Crippen molar-refractivity contribution < 1.29 is 4.79 Å². The van der Waals surface area contributed by atoms with Crippen molar-refractivity contribution in [3.05, 3.63) is 86.4 Å². The number of rotatable bonds is 4. The van der Waals surface area contributed by atoms with Crippen molar-refractivity contribution in [1.29, 1.82) is 0 Å². The van der Waals surface area contributed by atoms with Gasteiger partial charge in [0.2, 0.25) is 0 Å². The maximum Gasteiger partial charge on any atom is 0.264 e. The summed E-state index contributed by atoms with van der Waals surface area (Å²) in [7, 11) is 1.69. The van der Waals surface area contributed by atoms with E-state index in [1.165, 1.54) is 11.3 Å². The van der Waals surface area contributed by atoms with Gasteiger partial charge in [0, 0.05) is 17.5 Å². The largest absolute Gasteiger partial charge is 0.334 e. The summed E-state index contributed by atoms with van der Waals surface area (Å²) in [5.74, 6) is 0.290. The summed E-state index contributed by atoms with van der Waals surface area (Å²) < 4.78 is 1.82. The smallest absolute Gasteiger partial charge is 0.264 e. The number of nitrogens with one attached hydrogen (secondary N) is 1. The van der Waals surface area contributed by atoms with E-state index < -0.39 is 0 Å². The van der Waals surface area contributed by atoms with Gasteiger partial charge in [-0.1, -0.05) is 23.7 Å². The van der Waals surface area contributed by atoms with Crippen molar-refractivity contribution in [2.24, 2.45) is 0 Å². The molecule has 0 unspecified atom stereocenters. The maximum atomic E-state index is 13.1. The van der Waals surface area contributed by atoms with Crippen LogP contribution >= 0.6 is 22.9 Å². The quantitative estimate of drug-likeness (QED) is 0.423. The highest BCUT2D eigenvalue weighted by atomic mass is 35.5. The zero-order chi connectivity index (χ0) is 22.4.